The van der Waals surface area contributed by atoms with E-state index in [1.807, 2.05) is 26.4 Å². The van der Waals surface area contributed by atoms with Crippen molar-refractivity contribution < 1.29 is 4.39 Å². The molecule has 0 amide bonds. The molecule has 1 N–H and O–H groups in total. The molecule has 18 heavy (non-hydrogen) atoms. The third-order valence-electron chi connectivity index (χ3n) is 2.91. The van der Waals surface area contributed by atoms with E-state index >= 15 is 0 Å². The van der Waals surface area contributed by atoms with Gasteiger partial charge in [0.05, 0.1) is 6.20 Å². The molecule has 0 saturated heterocycles. The minimum atomic E-state index is -0.178. The molecule has 5 heteroatoms. The maximum atomic E-state index is 13.7. The van der Waals surface area contributed by atoms with E-state index in [4.69, 9.17) is 0 Å². The van der Waals surface area contributed by atoms with Gasteiger partial charge >= 0.3 is 0 Å². The minimum Gasteiger partial charge on any atom is -0.313 e. The number of nitrogens with zero attached hydrogens (tertiary/aromatic N) is 2. The van der Waals surface area contributed by atoms with Gasteiger partial charge in [-0.1, -0.05) is 15.9 Å². The third-order valence-corrected chi connectivity index (χ3v) is 3.40. The van der Waals surface area contributed by atoms with Gasteiger partial charge in [0.15, 0.2) is 0 Å². The second kappa shape index (κ2) is 5.63. The lowest BCUT2D eigenvalue weighted by Crippen LogP contribution is -2.19. The van der Waals surface area contributed by atoms with Crippen molar-refractivity contribution in [2.24, 2.45) is 7.05 Å². The molecule has 2 rings (SSSR count). The first-order valence-corrected chi connectivity index (χ1v) is 6.49. The fourth-order valence-corrected chi connectivity index (χ4v) is 2.33. The van der Waals surface area contributed by atoms with Crippen molar-refractivity contribution in [3.05, 3.63) is 52.0 Å². The van der Waals surface area contributed by atoms with E-state index < -0.39 is 0 Å². The smallest absolute Gasteiger partial charge is 0.126 e. The molecule has 3 nitrogen and oxygen atoms in total. The number of hydrogen-bond acceptors (Lipinski definition) is 2. The fourth-order valence-electron chi connectivity index (χ4n) is 1.93. The lowest BCUT2D eigenvalue weighted by Gasteiger charge is -2.15. The zero-order valence-electron chi connectivity index (χ0n) is 10.3. The van der Waals surface area contributed by atoms with Crippen LogP contribution in [0.4, 0.5) is 4.39 Å². The summed E-state index contributed by atoms with van der Waals surface area (Å²) in [7, 11) is 3.74. The molecule has 0 spiro atoms. The highest BCUT2D eigenvalue weighted by molar-refractivity contribution is 9.10. The van der Waals surface area contributed by atoms with E-state index in [0.717, 1.165) is 10.0 Å². The molecule has 0 aliphatic carbocycles. The molecule has 1 unspecified atom stereocenters. The molecule has 1 aromatic carbocycles. The molecule has 1 aromatic heterocycles. The Morgan fingerprint density at radius 1 is 1.50 bits per heavy atom. The van der Waals surface area contributed by atoms with Crippen molar-refractivity contribution in [1.29, 1.82) is 0 Å². The van der Waals surface area contributed by atoms with Crippen LogP contribution in [0.3, 0.4) is 0 Å². The molecule has 0 fully saturated rings. The molecular formula is C13H15BrFN3. The maximum absolute atomic E-state index is 13.7. The summed E-state index contributed by atoms with van der Waals surface area (Å²) in [6.07, 6.45) is 4.33. The number of aromatic nitrogens is 2. The summed E-state index contributed by atoms with van der Waals surface area (Å²) in [5.41, 5.74) is 1.74. The number of rotatable bonds is 4. The molecule has 0 radical (unpaired) electrons. The van der Waals surface area contributed by atoms with E-state index in [1.54, 1.807) is 16.9 Å². The first kappa shape index (κ1) is 13.2. The van der Waals surface area contributed by atoms with E-state index in [2.05, 4.69) is 26.3 Å². The Morgan fingerprint density at radius 3 is 2.89 bits per heavy atom. The van der Waals surface area contributed by atoms with Gasteiger partial charge in [0.25, 0.3) is 0 Å². The van der Waals surface area contributed by atoms with E-state index in [-0.39, 0.29) is 11.9 Å². The van der Waals surface area contributed by atoms with E-state index in [1.165, 1.54) is 6.07 Å². The van der Waals surface area contributed by atoms with Crippen molar-refractivity contribution in [3.63, 3.8) is 0 Å². The fraction of sp³-hybridized carbons (Fsp3) is 0.308. The van der Waals surface area contributed by atoms with Crippen molar-refractivity contribution in [2.45, 2.75) is 12.5 Å². The number of halogens is 2. The van der Waals surface area contributed by atoms with E-state index in [9.17, 15) is 4.39 Å². The number of aryl methyl sites for hydroxylation is 1. The molecule has 2 aromatic rings. The molecule has 0 aliphatic rings. The predicted molar refractivity (Wildman–Crippen MR) is 72.8 cm³/mol. The van der Waals surface area contributed by atoms with Crippen LogP contribution in [0.25, 0.3) is 0 Å². The zero-order valence-corrected chi connectivity index (χ0v) is 11.9. The lowest BCUT2D eigenvalue weighted by molar-refractivity contribution is 0.553. The second-order valence-electron chi connectivity index (χ2n) is 4.23. The van der Waals surface area contributed by atoms with Gasteiger partial charge < -0.3 is 5.32 Å². The Kier molecular flexibility index (Phi) is 4.14. The number of benzene rings is 1. The average Bonchev–Trinajstić information content (AvgIpc) is 2.77. The second-order valence-corrected chi connectivity index (χ2v) is 5.14. The van der Waals surface area contributed by atoms with E-state index in [0.29, 0.717) is 12.0 Å². The van der Waals surface area contributed by atoms with Gasteiger partial charge in [-0.2, -0.15) is 5.10 Å². The summed E-state index contributed by atoms with van der Waals surface area (Å²) in [6.45, 7) is 0. The molecule has 1 heterocycles. The van der Waals surface area contributed by atoms with Crippen LogP contribution in [0.15, 0.2) is 35.1 Å². The maximum Gasteiger partial charge on any atom is 0.126 e. The molecule has 1 atom stereocenters. The van der Waals surface area contributed by atoms with Crippen LogP contribution in [0, 0.1) is 5.82 Å². The van der Waals surface area contributed by atoms with Crippen LogP contribution in [0.2, 0.25) is 0 Å². The largest absolute Gasteiger partial charge is 0.313 e. The highest BCUT2D eigenvalue weighted by Gasteiger charge is 2.14. The number of nitrogens with one attached hydrogen (secondary N) is 1. The van der Waals surface area contributed by atoms with Crippen molar-refractivity contribution in [2.75, 3.05) is 7.05 Å². The summed E-state index contributed by atoms with van der Waals surface area (Å²) in [6, 6.07) is 5.06. The van der Waals surface area contributed by atoms with Crippen LogP contribution in [0.1, 0.15) is 17.2 Å². The number of likely N-dealkylation sites (N-methyl/N-ethyl adjacent to an activating group) is 1. The van der Waals surface area contributed by atoms with Crippen molar-refractivity contribution in [3.8, 4) is 0 Å². The summed E-state index contributed by atoms with van der Waals surface area (Å²) < 4.78 is 16.4. The summed E-state index contributed by atoms with van der Waals surface area (Å²) >= 11 is 3.36. The van der Waals surface area contributed by atoms with Crippen LogP contribution in [0.5, 0.6) is 0 Å². The van der Waals surface area contributed by atoms with Gasteiger partial charge in [-0.25, -0.2) is 4.39 Å². The highest BCUT2D eigenvalue weighted by Crippen LogP contribution is 2.22. The van der Waals surface area contributed by atoms with Crippen LogP contribution >= 0.6 is 15.9 Å². The zero-order chi connectivity index (χ0) is 13.1. The normalized spacial score (nSPS) is 12.7. The Balaban J connectivity index is 2.22. The molecular weight excluding hydrogens is 297 g/mol. The average molecular weight is 312 g/mol. The van der Waals surface area contributed by atoms with Gasteiger partial charge in [-0.3, -0.25) is 4.68 Å². The number of hydrogen-bond donors (Lipinski definition) is 1. The topological polar surface area (TPSA) is 29.9 Å². The van der Waals surface area contributed by atoms with Gasteiger partial charge in [0, 0.05) is 29.3 Å². The van der Waals surface area contributed by atoms with Crippen molar-refractivity contribution >= 4 is 15.9 Å². The quantitative estimate of drug-likeness (QED) is 0.941. The van der Waals surface area contributed by atoms with Gasteiger partial charge in [-0.15, -0.1) is 0 Å². The Bertz CT molecular complexity index is 539. The lowest BCUT2D eigenvalue weighted by atomic mass is 10.0. The molecule has 0 saturated carbocycles. The Hall–Kier alpha value is -1.20. The SMILES string of the molecule is CNC(Cc1cc(Br)ccc1F)c1cnn(C)c1. The summed E-state index contributed by atoms with van der Waals surface area (Å²) in [5.74, 6) is -0.178. The summed E-state index contributed by atoms with van der Waals surface area (Å²) in [4.78, 5) is 0. The monoisotopic (exact) mass is 311 g/mol. The standard InChI is InChI=1S/C13H15BrFN3/c1-16-13(10-7-17-18(2)8-10)6-9-5-11(14)3-4-12(9)15/h3-5,7-8,13,16H,6H2,1-2H3. The molecule has 96 valence electrons. The predicted octanol–water partition coefficient (Wildman–Crippen LogP) is 2.82. The Labute approximate surface area is 114 Å². The minimum absolute atomic E-state index is 0.0579. The van der Waals surface area contributed by atoms with Crippen molar-refractivity contribution in [1.82, 2.24) is 15.1 Å². The van der Waals surface area contributed by atoms with Gasteiger partial charge in [0.2, 0.25) is 0 Å². The Morgan fingerprint density at radius 2 is 2.28 bits per heavy atom. The first-order chi connectivity index (χ1) is 8.60. The van der Waals surface area contributed by atoms with Gasteiger partial charge in [0.1, 0.15) is 5.82 Å². The van der Waals surface area contributed by atoms with Crippen LogP contribution in [-0.2, 0) is 13.5 Å². The third kappa shape index (κ3) is 2.97. The molecule has 0 bridgehead atoms. The van der Waals surface area contributed by atoms with Gasteiger partial charge in [-0.05, 0) is 37.2 Å². The highest BCUT2D eigenvalue weighted by atomic mass is 79.9. The van der Waals surface area contributed by atoms with Crippen LogP contribution < -0.4 is 5.32 Å². The molecule has 0 aliphatic heterocycles. The first-order valence-electron chi connectivity index (χ1n) is 5.70. The summed E-state index contributed by atoms with van der Waals surface area (Å²) in [5, 5.41) is 7.33. The van der Waals surface area contributed by atoms with Crippen LogP contribution in [-0.4, -0.2) is 16.8 Å².